The summed E-state index contributed by atoms with van der Waals surface area (Å²) in [6.07, 6.45) is 2.57. The summed E-state index contributed by atoms with van der Waals surface area (Å²) in [5.41, 5.74) is 1.64. The van der Waals surface area contributed by atoms with Gasteiger partial charge in [-0.1, -0.05) is 0 Å². The van der Waals surface area contributed by atoms with Crippen LogP contribution in [0.2, 0.25) is 0 Å². The summed E-state index contributed by atoms with van der Waals surface area (Å²) in [4.78, 5) is 10.4. The maximum absolute atomic E-state index is 10.4. The zero-order valence-corrected chi connectivity index (χ0v) is 9.48. The summed E-state index contributed by atoms with van der Waals surface area (Å²) in [6, 6.07) is 3.55. The Morgan fingerprint density at radius 1 is 1.25 bits per heavy atom. The Bertz CT molecular complexity index is 421. The van der Waals surface area contributed by atoms with E-state index in [0.717, 1.165) is 11.6 Å². The first-order chi connectivity index (χ1) is 7.58. The molecule has 0 amide bonds. The second-order valence-electron chi connectivity index (χ2n) is 3.24. The lowest BCUT2D eigenvalue weighted by molar-refractivity contribution is -0.131. The molecule has 0 unspecified atom stereocenters. The first-order valence-electron chi connectivity index (χ1n) is 4.72. The molecule has 0 spiro atoms. The van der Waals surface area contributed by atoms with E-state index in [1.54, 1.807) is 13.2 Å². The van der Waals surface area contributed by atoms with E-state index < -0.39 is 5.97 Å². The molecule has 0 saturated carbocycles. The highest BCUT2D eigenvalue weighted by Crippen LogP contribution is 2.29. The van der Waals surface area contributed by atoms with E-state index in [2.05, 4.69) is 0 Å². The van der Waals surface area contributed by atoms with Crippen LogP contribution in [0.25, 0.3) is 6.08 Å². The fraction of sp³-hybridized carbons (Fsp3) is 0.250. The number of carboxylic acid groups (broad SMARTS) is 1. The highest BCUT2D eigenvalue weighted by atomic mass is 16.5. The Morgan fingerprint density at radius 2 is 1.88 bits per heavy atom. The van der Waals surface area contributed by atoms with Crippen LogP contribution in [-0.4, -0.2) is 25.3 Å². The van der Waals surface area contributed by atoms with Gasteiger partial charge in [0.05, 0.1) is 14.2 Å². The van der Waals surface area contributed by atoms with Crippen molar-refractivity contribution in [1.82, 2.24) is 0 Å². The highest BCUT2D eigenvalue weighted by Gasteiger charge is 2.06. The fourth-order valence-corrected chi connectivity index (χ4v) is 1.38. The van der Waals surface area contributed by atoms with Crippen molar-refractivity contribution < 1.29 is 19.4 Å². The van der Waals surface area contributed by atoms with Gasteiger partial charge >= 0.3 is 5.97 Å². The Labute approximate surface area is 94.1 Å². The SMILES string of the molecule is COc1cc(OC)c(C=CC(=O)O)cc1C. The quantitative estimate of drug-likeness (QED) is 0.793. The van der Waals surface area contributed by atoms with Crippen molar-refractivity contribution in [1.29, 1.82) is 0 Å². The molecule has 0 atom stereocenters. The first-order valence-corrected chi connectivity index (χ1v) is 4.72. The molecule has 0 radical (unpaired) electrons. The number of methoxy groups -OCH3 is 2. The Hall–Kier alpha value is -1.97. The normalized spacial score (nSPS) is 10.4. The van der Waals surface area contributed by atoms with Crippen LogP contribution in [0.5, 0.6) is 11.5 Å². The number of hydrogen-bond donors (Lipinski definition) is 1. The first kappa shape index (κ1) is 12.1. The Kier molecular flexibility index (Phi) is 3.94. The highest BCUT2D eigenvalue weighted by molar-refractivity contribution is 5.86. The summed E-state index contributed by atoms with van der Waals surface area (Å²) in [5, 5.41) is 8.56. The van der Waals surface area contributed by atoms with Gasteiger partial charge in [-0.3, -0.25) is 0 Å². The third-order valence-electron chi connectivity index (χ3n) is 2.15. The van der Waals surface area contributed by atoms with Crippen LogP contribution < -0.4 is 9.47 Å². The van der Waals surface area contributed by atoms with Crippen LogP contribution in [0.15, 0.2) is 18.2 Å². The van der Waals surface area contributed by atoms with E-state index in [9.17, 15) is 4.79 Å². The smallest absolute Gasteiger partial charge is 0.328 e. The number of carboxylic acids is 1. The van der Waals surface area contributed by atoms with Crippen LogP contribution in [0, 0.1) is 6.92 Å². The molecule has 0 saturated heterocycles. The van der Waals surface area contributed by atoms with Crippen molar-refractivity contribution in [2.75, 3.05) is 14.2 Å². The van der Waals surface area contributed by atoms with Gasteiger partial charge in [-0.2, -0.15) is 0 Å². The third kappa shape index (κ3) is 2.76. The Balaban J connectivity index is 3.18. The molecule has 86 valence electrons. The number of hydrogen-bond acceptors (Lipinski definition) is 3. The van der Waals surface area contributed by atoms with E-state index in [1.165, 1.54) is 13.2 Å². The molecular weight excluding hydrogens is 208 g/mol. The van der Waals surface area contributed by atoms with Gasteiger partial charge < -0.3 is 14.6 Å². The number of aryl methyl sites for hydroxylation is 1. The zero-order chi connectivity index (χ0) is 12.1. The van der Waals surface area contributed by atoms with Gasteiger partial charge in [0.1, 0.15) is 11.5 Å². The van der Waals surface area contributed by atoms with Crippen molar-refractivity contribution in [3.63, 3.8) is 0 Å². The molecule has 0 fully saturated rings. The second kappa shape index (κ2) is 5.21. The van der Waals surface area contributed by atoms with Crippen molar-refractivity contribution in [2.24, 2.45) is 0 Å². The number of benzene rings is 1. The fourth-order valence-electron chi connectivity index (χ4n) is 1.38. The summed E-state index contributed by atoms with van der Waals surface area (Å²) >= 11 is 0. The molecule has 1 rings (SSSR count). The van der Waals surface area contributed by atoms with Crippen LogP contribution in [-0.2, 0) is 4.79 Å². The van der Waals surface area contributed by atoms with Crippen molar-refractivity contribution in [3.05, 3.63) is 29.3 Å². The number of rotatable bonds is 4. The summed E-state index contributed by atoms with van der Waals surface area (Å²) < 4.78 is 10.3. The molecule has 1 aromatic carbocycles. The summed E-state index contributed by atoms with van der Waals surface area (Å²) in [7, 11) is 3.11. The second-order valence-corrected chi connectivity index (χ2v) is 3.24. The molecule has 1 N–H and O–H groups in total. The van der Waals surface area contributed by atoms with Gasteiger partial charge in [0, 0.05) is 17.7 Å². The molecule has 4 nitrogen and oxygen atoms in total. The lowest BCUT2D eigenvalue weighted by Crippen LogP contribution is -1.93. The average molecular weight is 222 g/mol. The molecule has 0 bridgehead atoms. The molecule has 1 aromatic rings. The molecule has 0 aliphatic heterocycles. The summed E-state index contributed by atoms with van der Waals surface area (Å²) in [5.74, 6) is 0.305. The molecule has 0 aliphatic carbocycles. The predicted octanol–water partition coefficient (Wildman–Crippen LogP) is 2.11. The van der Waals surface area contributed by atoms with Crippen molar-refractivity contribution >= 4 is 12.0 Å². The Morgan fingerprint density at radius 3 is 2.38 bits per heavy atom. The van der Waals surface area contributed by atoms with E-state index in [1.807, 2.05) is 13.0 Å². The molecular formula is C12H14O4. The molecule has 4 heteroatoms. The monoisotopic (exact) mass is 222 g/mol. The standard InChI is InChI=1S/C12H14O4/c1-8-6-9(4-5-12(13)14)11(16-3)7-10(8)15-2/h4-7H,1-3H3,(H,13,14). The molecule has 0 heterocycles. The largest absolute Gasteiger partial charge is 0.496 e. The van der Waals surface area contributed by atoms with Crippen molar-refractivity contribution in [3.8, 4) is 11.5 Å². The molecule has 0 aromatic heterocycles. The molecule has 16 heavy (non-hydrogen) atoms. The minimum atomic E-state index is -0.990. The maximum atomic E-state index is 10.4. The van der Waals surface area contributed by atoms with Crippen molar-refractivity contribution in [2.45, 2.75) is 6.92 Å². The summed E-state index contributed by atoms with van der Waals surface area (Å²) in [6.45, 7) is 1.89. The van der Waals surface area contributed by atoms with Gasteiger partial charge in [0.15, 0.2) is 0 Å². The third-order valence-corrected chi connectivity index (χ3v) is 2.15. The van der Waals surface area contributed by atoms with Gasteiger partial charge in [-0.05, 0) is 24.6 Å². The predicted molar refractivity (Wildman–Crippen MR) is 61.0 cm³/mol. The number of ether oxygens (including phenoxy) is 2. The number of carbonyl (C=O) groups is 1. The van der Waals surface area contributed by atoms with Gasteiger partial charge in [0.25, 0.3) is 0 Å². The number of aliphatic carboxylic acids is 1. The van der Waals surface area contributed by atoms with Crippen LogP contribution in [0.4, 0.5) is 0 Å². The van der Waals surface area contributed by atoms with Crippen LogP contribution in [0.1, 0.15) is 11.1 Å². The minimum absolute atomic E-state index is 0.583. The van der Waals surface area contributed by atoms with E-state index in [0.29, 0.717) is 17.1 Å². The minimum Gasteiger partial charge on any atom is -0.496 e. The van der Waals surface area contributed by atoms with Gasteiger partial charge in [-0.25, -0.2) is 4.79 Å². The van der Waals surface area contributed by atoms with Crippen LogP contribution >= 0.6 is 0 Å². The van der Waals surface area contributed by atoms with E-state index >= 15 is 0 Å². The van der Waals surface area contributed by atoms with E-state index in [4.69, 9.17) is 14.6 Å². The zero-order valence-electron chi connectivity index (χ0n) is 9.48. The van der Waals surface area contributed by atoms with E-state index in [-0.39, 0.29) is 0 Å². The van der Waals surface area contributed by atoms with Crippen LogP contribution in [0.3, 0.4) is 0 Å². The lowest BCUT2D eigenvalue weighted by atomic mass is 10.1. The van der Waals surface area contributed by atoms with Gasteiger partial charge in [0.2, 0.25) is 0 Å². The molecule has 0 aliphatic rings. The lowest BCUT2D eigenvalue weighted by Gasteiger charge is -2.10. The van der Waals surface area contributed by atoms with Gasteiger partial charge in [-0.15, -0.1) is 0 Å². The maximum Gasteiger partial charge on any atom is 0.328 e. The topological polar surface area (TPSA) is 55.8 Å². The average Bonchev–Trinajstić information content (AvgIpc) is 2.26.